The number of halogens is 2. The molecule has 3 rings (SSSR count). The van der Waals surface area contributed by atoms with Crippen LogP contribution in [0.25, 0.3) is 0 Å². The minimum atomic E-state index is -3.72. The van der Waals surface area contributed by atoms with Gasteiger partial charge in [-0.2, -0.15) is 4.31 Å². The number of carbonyl (C=O) groups excluding carboxylic acids is 2. The molecule has 9 nitrogen and oxygen atoms in total. The number of esters is 1. The van der Waals surface area contributed by atoms with Crippen LogP contribution in [0, 0.1) is 0 Å². The Labute approximate surface area is 189 Å². The normalized spacial score (nSPS) is 14.8. The highest BCUT2D eigenvalue weighted by Crippen LogP contribution is 2.28. The minimum absolute atomic E-state index is 0.0162. The molecule has 0 radical (unpaired) electrons. The molecule has 0 aromatic heterocycles. The fourth-order valence-corrected chi connectivity index (χ4v) is 4.78. The molecule has 166 valence electrons. The number of benzene rings is 2. The zero-order valence-corrected chi connectivity index (χ0v) is 18.5. The van der Waals surface area contributed by atoms with Crippen LogP contribution in [-0.2, 0) is 24.3 Å². The third-order valence-electron chi connectivity index (χ3n) is 4.37. The van der Waals surface area contributed by atoms with Gasteiger partial charge in [-0.15, -0.1) is 0 Å². The van der Waals surface area contributed by atoms with Crippen molar-refractivity contribution in [3.05, 3.63) is 52.0 Å². The number of morpholine rings is 1. The molecule has 0 saturated carbocycles. The summed E-state index contributed by atoms with van der Waals surface area (Å²) in [7, 11) is -3.72. The average Bonchev–Trinajstić information content (AvgIpc) is 2.75. The Balaban J connectivity index is 1.64. The van der Waals surface area contributed by atoms with E-state index in [4.69, 9.17) is 38.4 Å². The first kappa shape index (κ1) is 23.3. The first-order valence-electron chi connectivity index (χ1n) is 9.08. The van der Waals surface area contributed by atoms with Crippen LogP contribution in [0.2, 0.25) is 10.0 Å². The molecule has 0 aliphatic carbocycles. The van der Waals surface area contributed by atoms with E-state index in [0.29, 0.717) is 13.2 Å². The van der Waals surface area contributed by atoms with Crippen LogP contribution in [0.3, 0.4) is 0 Å². The van der Waals surface area contributed by atoms with Crippen molar-refractivity contribution in [2.24, 2.45) is 0 Å². The van der Waals surface area contributed by atoms with E-state index in [9.17, 15) is 18.0 Å². The molecule has 1 fully saturated rings. The number of nitrogens with two attached hydrogens (primary N) is 1. The lowest BCUT2D eigenvalue weighted by atomic mass is 10.2. The van der Waals surface area contributed by atoms with Gasteiger partial charge in [0.1, 0.15) is 0 Å². The lowest BCUT2D eigenvalue weighted by Crippen LogP contribution is -2.40. The van der Waals surface area contributed by atoms with Gasteiger partial charge in [-0.1, -0.05) is 29.3 Å². The second-order valence-corrected chi connectivity index (χ2v) is 9.30. The highest BCUT2D eigenvalue weighted by Gasteiger charge is 2.26. The van der Waals surface area contributed by atoms with Gasteiger partial charge in [-0.25, -0.2) is 13.2 Å². The summed E-state index contributed by atoms with van der Waals surface area (Å²) in [4.78, 5) is 24.4. The third-order valence-corrected chi connectivity index (χ3v) is 6.80. The van der Waals surface area contributed by atoms with Gasteiger partial charge in [0, 0.05) is 23.8 Å². The lowest BCUT2D eigenvalue weighted by Gasteiger charge is -2.26. The molecule has 2 aromatic carbocycles. The van der Waals surface area contributed by atoms with Crippen LogP contribution in [0.15, 0.2) is 41.3 Å². The monoisotopic (exact) mass is 487 g/mol. The summed E-state index contributed by atoms with van der Waals surface area (Å²) in [5.41, 5.74) is 5.90. The number of amides is 1. The Morgan fingerprint density at radius 3 is 2.58 bits per heavy atom. The van der Waals surface area contributed by atoms with Gasteiger partial charge in [0.25, 0.3) is 5.91 Å². The average molecular weight is 488 g/mol. The number of nitrogen functional groups attached to an aromatic ring is 1. The van der Waals surface area contributed by atoms with Gasteiger partial charge < -0.3 is 20.5 Å². The molecule has 1 saturated heterocycles. The number of rotatable bonds is 6. The number of ether oxygens (including phenoxy) is 2. The largest absolute Gasteiger partial charge is 0.452 e. The molecule has 2 aromatic rings. The van der Waals surface area contributed by atoms with Crippen LogP contribution < -0.4 is 11.1 Å². The second-order valence-electron chi connectivity index (χ2n) is 6.52. The predicted octanol–water partition coefficient (Wildman–Crippen LogP) is 2.39. The Bertz CT molecular complexity index is 1100. The maximum absolute atomic E-state index is 12.7. The number of sulfonamides is 1. The summed E-state index contributed by atoms with van der Waals surface area (Å²) in [6.45, 7) is 0.534. The number of nitrogens with one attached hydrogen (secondary N) is 1. The fraction of sp³-hybridized carbons (Fsp3) is 0.263. The quantitative estimate of drug-likeness (QED) is 0.472. The summed E-state index contributed by atoms with van der Waals surface area (Å²) >= 11 is 11.7. The molecule has 1 heterocycles. The SMILES string of the molecule is Nc1c(Cl)cc(Cl)cc1C(=O)OCC(=O)Nc1cccc(S(=O)(=O)N2CCOCC2)c1. The second kappa shape index (κ2) is 9.84. The number of anilines is 2. The summed E-state index contributed by atoms with van der Waals surface area (Å²) in [5.74, 6) is -1.54. The molecule has 1 aliphatic heterocycles. The molecule has 12 heteroatoms. The standard InChI is InChI=1S/C19H19Cl2N3O6S/c20-12-8-15(18(22)16(21)9-12)19(26)30-11-17(25)23-13-2-1-3-14(10-13)31(27,28)24-4-6-29-7-5-24/h1-3,8-10H,4-7,11,22H2,(H,23,25). The molecular weight excluding hydrogens is 469 g/mol. The van der Waals surface area contributed by atoms with Crippen LogP contribution in [0.5, 0.6) is 0 Å². The first-order valence-corrected chi connectivity index (χ1v) is 11.3. The highest BCUT2D eigenvalue weighted by atomic mass is 35.5. The molecule has 1 amide bonds. The predicted molar refractivity (Wildman–Crippen MR) is 116 cm³/mol. The summed E-state index contributed by atoms with van der Waals surface area (Å²) in [6, 6.07) is 8.45. The fourth-order valence-electron chi connectivity index (χ4n) is 2.83. The molecule has 1 aliphatic rings. The van der Waals surface area contributed by atoms with E-state index >= 15 is 0 Å². The Morgan fingerprint density at radius 1 is 1.16 bits per heavy atom. The maximum atomic E-state index is 12.7. The van der Waals surface area contributed by atoms with Gasteiger partial charge in [0.05, 0.1) is 34.4 Å². The van der Waals surface area contributed by atoms with E-state index in [1.54, 1.807) is 0 Å². The van der Waals surface area contributed by atoms with Gasteiger partial charge >= 0.3 is 5.97 Å². The smallest absolute Gasteiger partial charge is 0.340 e. The maximum Gasteiger partial charge on any atom is 0.340 e. The summed E-state index contributed by atoms with van der Waals surface area (Å²) in [6.07, 6.45) is 0. The number of carbonyl (C=O) groups is 2. The van der Waals surface area contributed by atoms with Crippen LogP contribution in [-0.4, -0.2) is 57.5 Å². The first-order chi connectivity index (χ1) is 14.7. The number of hydrogen-bond acceptors (Lipinski definition) is 7. The van der Waals surface area contributed by atoms with E-state index in [1.807, 2.05) is 0 Å². The van der Waals surface area contributed by atoms with E-state index < -0.39 is 28.5 Å². The van der Waals surface area contributed by atoms with Crippen molar-refractivity contribution < 1.29 is 27.5 Å². The number of nitrogens with zero attached hydrogens (tertiary/aromatic N) is 1. The zero-order valence-electron chi connectivity index (χ0n) is 16.1. The molecule has 0 spiro atoms. The van der Waals surface area contributed by atoms with E-state index in [-0.39, 0.29) is 45.0 Å². The van der Waals surface area contributed by atoms with Gasteiger partial charge in [0.2, 0.25) is 10.0 Å². The van der Waals surface area contributed by atoms with Crippen LogP contribution in [0.4, 0.5) is 11.4 Å². The molecule has 0 unspecified atom stereocenters. The van der Waals surface area contributed by atoms with Crippen molar-refractivity contribution in [3.63, 3.8) is 0 Å². The molecule has 31 heavy (non-hydrogen) atoms. The molecule has 0 bridgehead atoms. The lowest BCUT2D eigenvalue weighted by molar-refractivity contribution is -0.119. The third kappa shape index (κ3) is 5.66. The Morgan fingerprint density at radius 2 is 1.87 bits per heavy atom. The van der Waals surface area contributed by atoms with Crippen molar-refractivity contribution >= 4 is 56.5 Å². The van der Waals surface area contributed by atoms with Gasteiger partial charge in [-0.05, 0) is 30.3 Å². The van der Waals surface area contributed by atoms with Crippen molar-refractivity contribution in [2.75, 3.05) is 44.0 Å². The topological polar surface area (TPSA) is 128 Å². The van der Waals surface area contributed by atoms with Crippen molar-refractivity contribution in [1.29, 1.82) is 0 Å². The van der Waals surface area contributed by atoms with Crippen molar-refractivity contribution in [1.82, 2.24) is 4.31 Å². The van der Waals surface area contributed by atoms with Gasteiger partial charge in [-0.3, -0.25) is 4.79 Å². The molecule has 0 atom stereocenters. The van der Waals surface area contributed by atoms with E-state index in [0.717, 1.165) is 0 Å². The molecular formula is C19H19Cl2N3O6S. The van der Waals surface area contributed by atoms with E-state index in [1.165, 1.54) is 40.7 Å². The molecule has 3 N–H and O–H groups in total. The minimum Gasteiger partial charge on any atom is -0.452 e. The Kier molecular flexibility index (Phi) is 7.39. The van der Waals surface area contributed by atoms with Crippen molar-refractivity contribution in [3.8, 4) is 0 Å². The van der Waals surface area contributed by atoms with E-state index in [2.05, 4.69) is 5.32 Å². The Hall–Kier alpha value is -2.37. The summed E-state index contributed by atoms with van der Waals surface area (Å²) in [5, 5.41) is 2.77. The summed E-state index contributed by atoms with van der Waals surface area (Å²) < 4.78 is 36.9. The van der Waals surface area contributed by atoms with Gasteiger partial charge in [0.15, 0.2) is 6.61 Å². The number of hydrogen-bond donors (Lipinski definition) is 2. The highest BCUT2D eigenvalue weighted by molar-refractivity contribution is 7.89. The van der Waals surface area contributed by atoms with Crippen LogP contribution >= 0.6 is 23.2 Å². The zero-order chi connectivity index (χ0) is 22.6. The van der Waals surface area contributed by atoms with Crippen molar-refractivity contribution in [2.45, 2.75) is 4.90 Å². The van der Waals surface area contributed by atoms with Crippen LogP contribution in [0.1, 0.15) is 10.4 Å².